The fraction of sp³-hybridized carbons (Fsp3) is 0.565. The third kappa shape index (κ3) is 5.61. The molecule has 5 nitrogen and oxygen atoms in total. The maximum atomic E-state index is 12.2. The smallest absolute Gasteiger partial charge is 0.332 e. The van der Waals surface area contributed by atoms with E-state index in [2.05, 4.69) is 18.4 Å². The molecule has 0 bridgehead atoms. The summed E-state index contributed by atoms with van der Waals surface area (Å²) < 4.78 is 13.7. The van der Waals surface area contributed by atoms with Crippen LogP contribution in [0.25, 0.3) is 0 Å². The van der Waals surface area contributed by atoms with E-state index in [9.17, 15) is 4.79 Å². The van der Waals surface area contributed by atoms with Gasteiger partial charge in [0.15, 0.2) is 0 Å². The number of rotatable bonds is 6. The number of hydrogen-bond donors (Lipinski definition) is 0. The number of carbonyl (C=O) groups excluding carboxylic acids is 1. The summed E-state index contributed by atoms with van der Waals surface area (Å²) in [4.78, 5) is 17.1. The molecule has 0 radical (unpaired) electrons. The fourth-order valence-corrected chi connectivity index (χ4v) is 3.88. The molecule has 0 saturated carbocycles. The number of imidazole rings is 1. The van der Waals surface area contributed by atoms with Crippen LogP contribution in [0.2, 0.25) is 5.02 Å². The van der Waals surface area contributed by atoms with Crippen LogP contribution in [0.4, 0.5) is 0 Å². The lowest BCUT2D eigenvalue weighted by Crippen LogP contribution is -2.28. The minimum atomic E-state index is -0.515. The standard InChI is InChI=1S/C23H31ClN2O3/c1-15(2)22-25-18-7-6-8-19(28-14-20(27)29-23(3,4)5)21(18)26(22)13-16-9-11-17(24)12-10-16/h9-12,15,19H,6-8,13-14H2,1-5H3. The van der Waals surface area contributed by atoms with E-state index in [1.54, 1.807) is 0 Å². The maximum Gasteiger partial charge on any atom is 0.332 e. The SMILES string of the molecule is CC(C)c1nc2c(n1Cc1ccc(Cl)cc1)C(OCC(=O)OC(C)(C)C)CCC2. The van der Waals surface area contributed by atoms with Crippen LogP contribution in [0, 0.1) is 0 Å². The molecule has 0 saturated heterocycles. The third-order valence-corrected chi connectivity index (χ3v) is 5.14. The van der Waals surface area contributed by atoms with Crippen LogP contribution in [-0.4, -0.2) is 27.7 Å². The zero-order chi connectivity index (χ0) is 21.2. The zero-order valence-electron chi connectivity index (χ0n) is 18.0. The van der Waals surface area contributed by atoms with Gasteiger partial charge in [-0.1, -0.05) is 37.6 Å². The van der Waals surface area contributed by atoms with E-state index >= 15 is 0 Å². The Balaban J connectivity index is 1.86. The molecule has 1 heterocycles. The monoisotopic (exact) mass is 418 g/mol. The lowest BCUT2D eigenvalue weighted by atomic mass is 9.98. The van der Waals surface area contributed by atoms with Gasteiger partial charge in [-0.25, -0.2) is 9.78 Å². The van der Waals surface area contributed by atoms with E-state index in [1.807, 2.05) is 45.0 Å². The molecule has 1 aliphatic carbocycles. The van der Waals surface area contributed by atoms with Crippen LogP contribution < -0.4 is 0 Å². The highest BCUT2D eigenvalue weighted by molar-refractivity contribution is 6.30. The number of aryl methyl sites for hydroxylation is 1. The van der Waals surface area contributed by atoms with Crippen molar-refractivity contribution in [3.05, 3.63) is 52.1 Å². The minimum Gasteiger partial charge on any atom is -0.458 e. The molecule has 158 valence electrons. The van der Waals surface area contributed by atoms with Crippen LogP contribution in [0.5, 0.6) is 0 Å². The summed E-state index contributed by atoms with van der Waals surface area (Å²) in [5.41, 5.74) is 2.83. The summed E-state index contributed by atoms with van der Waals surface area (Å²) in [6.07, 6.45) is 2.66. The summed E-state index contributed by atoms with van der Waals surface area (Å²) in [6, 6.07) is 7.90. The Bertz CT molecular complexity index is 850. The van der Waals surface area contributed by atoms with Gasteiger partial charge in [-0.2, -0.15) is 0 Å². The molecule has 1 aliphatic rings. The van der Waals surface area contributed by atoms with Crippen molar-refractivity contribution in [1.29, 1.82) is 0 Å². The highest BCUT2D eigenvalue weighted by atomic mass is 35.5. The average molecular weight is 419 g/mol. The minimum absolute atomic E-state index is 0.0511. The van der Waals surface area contributed by atoms with Crippen molar-refractivity contribution in [1.82, 2.24) is 9.55 Å². The Morgan fingerprint density at radius 2 is 1.97 bits per heavy atom. The van der Waals surface area contributed by atoms with Crippen molar-refractivity contribution in [3.8, 4) is 0 Å². The molecule has 1 atom stereocenters. The maximum absolute atomic E-state index is 12.2. The number of esters is 1. The molecule has 1 unspecified atom stereocenters. The van der Waals surface area contributed by atoms with Crippen molar-refractivity contribution in [3.63, 3.8) is 0 Å². The molecule has 0 fully saturated rings. The van der Waals surface area contributed by atoms with Crippen LogP contribution in [0.1, 0.15) is 82.3 Å². The number of benzene rings is 1. The predicted molar refractivity (Wildman–Crippen MR) is 114 cm³/mol. The second-order valence-corrected chi connectivity index (χ2v) is 9.38. The van der Waals surface area contributed by atoms with E-state index in [4.69, 9.17) is 26.1 Å². The first kappa shape index (κ1) is 21.8. The van der Waals surface area contributed by atoms with E-state index in [0.29, 0.717) is 12.5 Å². The molecule has 2 aromatic rings. The van der Waals surface area contributed by atoms with Crippen LogP contribution in [0.15, 0.2) is 24.3 Å². The highest BCUT2D eigenvalue weighted by Gasteiger charge is 2.30. The molecular formula is C23H31ClN2O3. The first-order chi connectivity index (χ1) is 13.6. The Kier molecular flexibility index (Phi) is 6.69. The van der Waals surface area contributed by atoms with Gasteiger partial charge in [0.1, 0.15) is 24.1 Å². The molecule has 0 N–H and O–H groups in total. The zero-order valence-corrected chi connectivity index (χ0v) is 18.8. The Hall–Kier alpha value is -1.85. The fourth-order valence-electron chi connectivity index (χ4n) is 3.75. The summed E-state index contributed by atoms with van der Waals surface area (Å²) in [5.74, 6) is 1.01. The van der Waals surface area contributed by atoms with Gasteiger partial charge >= 0.3 is 5.97 Å². The second-order valence-electron chi connectivity index (χ2n) is 8.95. The number of carbonyl (C=O) groups is 1. The van der Waals surface area contributed by atoms with Gasteiger partial charge in [0.25, 0.3) is 0 Å². The van der Waals surface area contributed by atoms with Gasteiger partial charge in [-0.05, 0) is 57.7 Å². The van der Waals surface area contributed by atoms with Gasteiger partial charge in [0.2, 0.25) is 0 Å². The highest BCUT2D eigenvalue weighted by Crippen LogP contribution is 2.35. The van der Waals surface area contributed by atoms with Crippen molar-refractivity contribution in [2.75, 3.05) is 6.61 Å². The van der Waals surface area contributed by atoms with Crippen LogP contribution >= 0.6 is 11.6 Å². The van der Waals surface area contributed by atoms with Gasteiger partial charge in [-0.3, -0.25) is 0 Å². The Morgan fingerprint density at radius 3 is 2.59 bits per heavy atom. The molecule has 0 spiro atoms. The van der Waals surface area contributed by atoms with Gasteiger partial charge in [0, 0.05) is 17.5 Å². The first-order valence-electron chi connectivity index (χ1n) is 10.3. The Morgan fingerprint density at radius 1 is 1.28 bits per heavy atom. The van der Waals surface area contributed by atoms with E-state index in [0.717, 1.165) is 47.1 Å². The van der Waals surface area contributed by atoms with E-state index in [1.165, 1.54) is 0 Å². The van der Waals surface area contributed by atoms with Crippen LogP contribution in [-0.2, 0) is 27.2 Å². The number of fused-ring (bicyclic) bond motifs is 1. The number of nitrogens with zero attached hydrogens (tertiary/aromatic N) is 2. The number of halogens is 1. The van der Waals surface area contributed by atoms with Crippen molar-refractivity contribution >= 4 is 17.6 Å². The summed E-state index contributed by atoms with van der Waals surface area (Å²) in [7, 11) is 0. The summed E-state index contributed by atoms with van der Waals surface area (Å²) in [5, 5.41) is 0.726. The lowest BCUT2D eigenvalue weighted by Gasteiger charge is -2.26. The van der Waals surface area contributed by atoms with Gasteiger partial charge in [-0.15, -0.1) is 0 Å². The third-order valence-electron chi connectivity index (χ3n) is 4.89. The van der Waals surface area contributed by atoms with Crippen molar-refractivity contribution in [2.45, 2.75) is 78.0 Å². The first-order valence-corrected chi connectivity index (χ1v) is 10.7. The summed E-state index contributed by atoms with van der Waals surface area (Å²) >= 11 is 6.05. The Labute approximate surface area is 178 Å². The molecular weight excluding hydrogens is 388 g/mol. The van der Waals surface area contributed by atoms with E-state index in [-0.39, 0.29) is 18.7 Å². The molecule has 0 aliphatic heterocycles. The van der Waals surface area contributed by atoms with Crippen LogP contribution in [0.3, 0.4) is 0 Å². The second kappa shape index (κ2) is 8.88. The van der Waals surface area contributed by atoms with Crippen molar-refractivity contribution < 1.29 is 14.3 Å². The molecule has 0 amide bonds. The molecule has 1 aromatic carbocycles. The predicted octanol–water partition coefficient (Wildman–Crippen LogP) is 5.44. The topological polar surface area (TPSA) is 53.4 Å². The van der Waals surface area contributed by atoms with Gasteiger partial charge < -0.3 is 14.0 Å². The van der Waals surface area contributed by atoms with Crippen molar-refractivity contribution in [2.24, 2.45) is 0 Å². The molecule has 1 aromatic heterocycles. The summed E-state index contributed by atoms with van der Waals surface area (Å²) in [6.45, 7) is 10.5. The number of aromatic nitrogens is 2. The average Bonchev–Trinajstić information content (AvgIpc) is 3.00. The lowest BCUT2D eigenvalue weighted by molar-refractivity contribution is -0.162. The normalized spacial score (nSPS) is 16.7. The van der Waals surface area contributed by atoms with E-state index < -0.39 is 5.60 Å². The number of ether oxygens (including phenoxy) is 2. The largest absolute Gasteiger partial charge is 0.458 e. The molecule has 6 heteroatoms. The quantitative estimate of drug-likeness (QED) is 0.586. The number of hydrogen-bond acceptors (Lipinski definition) is 4. The molecule has 3 rings (SSSR count). The molecule has 29 heavy (non-hydrogen) atoms. The van der Waals surface area contributed by atoms with Gasteiger partial charge in [0.05, 0.1) is 11.4 Å².